The summed E-state index contributed by atoms with van der Waals surface area (Å²) in [5.74, 6) is -2.86. The number of fused-ring (bicyclic) bond motifs is 2. The molecule has 0 aliphatic carbocycles. The zero-order valence-corrected chi connectivity index (χ0v) is 21.6. The number of aliphatic imine (C=N–C) groups is 1. The first-order chi connectivity index (χ1) is 16.7. The number of esters is 1. The number of nitrogens with two attached hydrogens (primary N) is 2. The highest BCUT2D eigenvalue weighted by molar-refractivity contribution is 8.16. The van der Waals surface area contributed by atoms with Crippen LogP contribution in [0.4, 0.5) is 0 Å². The summed E-state index contributed by atoms with van der Waals surface area (Å²) in [4.78, 5) is 49.3. The summed E-state index contributed by atoms with van der Waals surface area (Å²) < 4.78 is 51.7. The Balaban J connectivity index is 0.000000202. The van der Waals surface area contributed by atoms with Crippen LogP contribution in [0.1, 0.15) is 20.7 Å². The quantitative estimate of drug-likeness (QED) is 0.284. The molecule has 0 saturated heterocycles. The maximum absolute atomic E-state index is 11.8. The maximum atomic E-state index is 11.8. The van der Waals surface area contributed by atoms with E-state index in [1.54, 1.807) is 0 Å². The van der Waals surface area contributed by atoms with Crippen molar-refractivity contribution in [3.63, 3.8) is 0 Å². The summed E-state index contributed by atoms with van der Waals surface area (Å²) in [5, 5.41) is -0.862. The zero-order valence-electron chi connectivity index (χ0n) is 18.3. The topological polar surface area (TPSA) is 210 Å². The lowest BCUT2D eigenvalue weighted by Crippen LogP contribution is -2.24. The van der Waals surface area contributed by atoms with E-state index >= 15 is 0 Å². The van der Waals surface area contributed by atoms with Crippen molar-refractivity contribution in [1.82, 2.24) is 0 Å². The third kappa shape index (κ3) is 6.13. The van der Waals surface area contributed by atoms with Gasteiger partial charge in [0.25, 0.3) is 5.91 Å². The summed E-state index contributed by atoms with van der Waals surface area (Å²) in [5.41, 5.74) is 10.4. The second-order valence-electron chi connectivity index (χ2n) is 7.12. The van der Waals surface area contributed by atoms with Gasteiger partial charge in [-0.2, -0.15) is 4.99 Å². The lowest BCUT2D eigenvalue weighted by atomic mass is 10.2. The van der Waals surface area contributed by atoms with E-state index in [0.717, 1.165) is 23.5 Å². The number of thioether (sulfide) groups is 2. The summed E-state index contributed by atoms with van der Waals surface area (Å²) >= 11 is 1.71. The van der Waals surface area contributed by atoms with Gasteiger partial charge in [0.2, 0.25) is 10.2 Å². The van der Waals surface area contributed by atoms with Crippen LogP contribution in [0.3, 0.4) is 0 Å². The monoisotopic (exact) mass is 571 g/mol. The van der Waals surface area contributed by atoms with Crippen LogP contribution in [-0.4, -0.2) is 63.5 Å². The number of amides is 1. The number of hydrogen-bond acceptors (Lipinski definition) is 11. The Morgan fingerprint density at radius 2 is 1.28 bits per heavy atom. The number of guanidine groups is 1. The van der Waals surface area contributed by atoms with Gasteiger partial charge in [0.15, 0.2) is 25.6 Å². The fourth-order valence-electron chi connectivity index (χ4n) is 3.00. The molecule has 190 valence electrons. The van der Waals surface area contributed by atoms with Crippen molar-refractivity contribution in [3.05, 3.63) is 47.5 Å². The molecule has 2 heterocycles. The van der Waals surface area contributed by atoms with Gasteiger partial charge in [-0.1, -0.05) is 0 Å². The van der Waals surface area contributed by atoms with Gasteiger partial charge in [-0.25, -0.2) is 21.6 Å². The van der Waals surface area contributed by atoms with Crippen LogP contribution in [0, 0.1) is 0 Å². The van der Waals surface area contributed by atoms with E-state index in [-0.39, 0.29) is 20.9 Å². The highest BCUT2D eigenvalue weighted by Gasteiger charge is 2.31. The number of hydrogen-bond donors (Lipinski definition) is 2. The van der Waals surface area contributed by atoms with Crippen LogP contribution in [0.2, 0.25) is 0 Å². The molecule has 1 amide bonds. The highest BCUT2D eigenvalue weighted by Crippen LogP contribution is 2.35. The molecule has 36 heavy (non-hydrogen) atoms. The van der Waals surface area contributed by atoms with E-state index in [2.05, 4.69) is 9.73 Å². The Kier molecular flexibility index (Phi) is 7.92. The summed E-state index contributed by atoms with van der Waals surface area (Å²) in [6.45, 7) is 0. The van der Waals surface area contributed by atoms with E-state index in [9.17, 15) is 36.0 Å². The van der Waals surface area contributed by atoms with Crippen molar-refractivity contribution in [3.8, 4) is 0 Å². The first kappa shape index (κ1) is 27.4. The number of methoxy groups -OCH3 is 1. The first-order valence-electron chi connectivity index (χ1n) is 9.61. The van der Waals surface area contributed by atoms with Gasteiger partial charge in [-0.05, 0) is 59.9 Å². The Labute approximate surface area is 213 Å². The average molecular weight is 572 g/mol. The minimum atomic E-state index is -3.71. The van der Waals surface area contributed by atoms with Gasteiger partial charge < -0.3 is 16.2 Å². The minimum absolute atomic E-state index is 0.0185. The number of ether oxygens (including phenoxy) is 1. The smallest absolute Gasteiger partial charge is 0.337 e. The van der Waals surface area contributed by atoms with Crippen molar-refractivity contribution < 1.29 is 40.8 Å². The van der Waals surface area contributed by atoms with E-state index in [1.807, 2.05) is 0 Å². The van der Waals surface area contributed by atoms with Gasteiger partial charge in [-0.15, -0.1) is 0 Å². The van der Waals surface area contributed by atoms with Crippen molar-refractivity contribution in [2.24, 2.45) is 16.5 Å². The summed E-state index contributed by atoms with van der Waals surface area (Å²) in [6, 6.07) is 8.07. The third-order valence-corrected chi connectivity index (χ3v) is 10.3. The molecule has 0 fully saturated rings. The van der Waals surface area contributed by atoms with Gasteiger partial charge in [0.1, 0.15) is 11.5 Å². The minimum Gasteiger partial charge on any atom is -0.465 e. The lowest BCUT2D eigenvalue weighted by molar-refractivity contribution is -0.109. The molecule has 0 saturated carbocycles. The van der Waals surface area contributed by atoms with Gasteiger partial charge >= 0.3 is 5.97 Å². The van der Waals surface area contributed by atoms with Crippen LogP contribution in [-0.2, 0) is 34.0 Å². The molecule has 2 aromatic rings. The van der Waals surface area contributed by atoms with Gasteiger partial charge in [0, 0.05) is 15.4 Å². The average Bonchev–Trinajstić information content (AvgIpc) is 2.77. The van der Waals surface area contributed by atoms with Crippen LogP contribution < -0.4 is 11.5 Å². The molecule has 0 radical (unpaired) electrons. The van der Waals surface area contributed by atoms with Crippen molar-refractivity contribution in [1.29, 1.82) is 0 Å². The summed E-state index contributed by atoms with van der Waals surface area (Å²) in [7, 11) is -6.13. The van der Waals surface area contributed by atoms with Crippen LogP contribution in [0.5, 0.6) is 0 Å². The first-order valence-corrected chi connectivity index (χ1v) is 14.5. The van der Waals surface area contributed by atoms with E-state index < -0.39 is 59.2 Å². The number of carbonyl (C=O) groups is 4. The molecule has 2 aliphatic heterocycles. The van der Waals surface area contributed by atoms with Gasteiger partial charge in [-0.3, -0.25) is 14.4 Å². The number of benzene rings is 2. The normalized spacial score (nSPS) is 16.9. The molecule has 12 nitrogen and oxygen atoms in total. The van der Waals surface area contributed by atoms with Crippen molar-refractivity contribution in [2.75, 3.05) is 18.6 Å². The fraction of sp³-hybridized carbons (Fsp3) is 0.150. The Hall–Kier alpha value is -3.21. The number of sulfone groups is 2. The zero-order chi connectivity index (χ0) is 26.8. The highest BCUT2D eigenvalue weighted by atomic mass is 32.2. The molecular weight excluding hydrogens is 555 g/mol. The van der Waals surface area contributed by atoms with E-state index in [1.165, 1.54) is 43.5 Å². The summed E-state index contributed by atoms with van der Waals surface area (Å²) in [6.07, 6.45) is 0. The number of carbonyl (C=O) groups excluding carboxylic acids is 4. The van der Waals surface area contributed by atoms with E-state index in [0.29, 0.717) is 9.79 Å². The molecule has 2 aromatic carbocycles. The molecule has 0 aromatic heterocycles. The number of rotatable bonds is 2. The maximum Gasteiger partial charge on any atom is 0.337 e. The van der Waals surface area contributed by atoms with Crippen LogP contribution in [0.15, 0.2) is 61.0 Å². The van der Waals surface area contributed by atoms with Crippen molar-refractivity contribution in [2.45, 2.75) is 19.6 Å². The molecular formula is C20H17N3O9S4. The Morgan fingerprint density at radius 1 is 0.833 bits per heavy atom. The van der Waals surface area contributed by atoms with Crippen molar-refractivity contribution >= 4 is 71.3 Å². The fourth-order valence-corrected chi connectivity index (χ4v) is 8.79. The second kappa shape index (κ2) is 10.4. The second-order valence-corrected chi connectivity index (χ2v) is 13.2. The predicted octanol–water partition coefficient (Wildman–Crippen LogP) is 0.385. The van der Waals surface area contributed by atoms with Crippen LogP contribution in [0.25, 0.3) is 0 Å². The van der Waals surface area contributed by atoms with Gasteiger partial charge in [0.05, 0.1) is 22.5 Å². The third-order valence-electron chi connectivity index (χ3n) is 4.52. The lowest BCUT2D eigenvalue weighted by Gasteiger charge is -2.15. The molecule has 2 aliphatic rings. The Morgan fingerprint density at radius 3 is 1.72 bits per heavy atom. The SMILES string of the molecule is COC(=O)c1ccc2c(c1)S(=O)(=O)CC(=O)S2.NC(N)=NC(=O)c1ccc2c(c1)S(=O)(=O)CC(=O)S2. The molecule has 0 unspecified atom stereocenters. The Bertz CT molecular complexity index is 1540. The molecule has 4 rings (SSSR count). The predicted molar refractivity (Wildman–Crippen MR) is 130 cm³/mol. The molecule has 0 bridgehead atoms. The molecule has 4 N–H and O–H groups in total. The largest absolute Gasteiger partial charge is 0.465 e. The number of nitrogens with zero attached hydrogens (tertiary/aromatic N) is 1. The molecule has 0 atom stereocenters. The molecule has 0 spiro atoms. The van der Waals surface area contributed by atoms with Crippen LogP contribution >= 0.6 is 23.5 Å². The van der Waals surface area contributed by atoms with E-state index in [4.69, 9.17) is 11.5 Å². The molecule has 16 heteroatoms. The standard InChI is InChI=1S/C10H9N3O4S2.C10H8O5S2/c11-10(12)13-9(15)5-1-2-6-7(3-5)19(16,17)4-8(14)18-6;1-15-10(12)6-2-3-7-8(4-6)17(13,14)5-9(11)16-7/h1-3H,4H2,(H4,11,12,13,15);2-4H,5H2,1H3.